The fraction of sp³-hybridized carbons (Fsp3) is 0.500. The highest BCUT2D eigenvalue weighted by molar-refractivity contribution is 6.33. The predicted octanol–water partition coefficient (Wildman–Crippen LogP) is 2.81. The Bertz CT molecular complexity index is 332. The molecule has 1 saturated heterocycles. The summed E-state index contributed by atoms with van der Waals surface area (Å²) >= 11 is 6.10. The second-order valence-corrected chi connectivity index (χ2v) is 4.56. The van der Waals surface area contributed by atoms with Crippen molar-refractivity contribution in [3.8, 4) is 0 Å². The molecule has 0 spiro atoms. The van der Waals surface area contributed by atoms with Crippen LogP contribution >= 0.6 is 11.6 Å². The van der Waals surface area contributed by atoms with Gasteiger partial charge in [0.15, 0.2) is 0 Å². The number of aryl methyl sites for hydroxylation is 1. The third-order valence-electron chi connectivity index (χ3n) is 2.82. The lowest BCUT2D eigenvalue weighted by atomic mass is 10.2. The Balaban J connectivity index is 1.94. The van der Waals surface area contributed by atoms with Crippen LogP contribution < -0.4 is 10.6 Å². The van der Waals surface area contributed by atoms with Gasteiger partial charge in [0.25, 0.3) is 0 Å². The zero-order valence-electron chi connectivity index (χ0n) is 9.02. The van der Waals surface area contributed by atoms with E-state index < -0.39 is 0 Å². The molecular formula is C12H17ClN2. The molecule has 1 aromatic rings. The van der Waals surface area contributed by atoms with Gasteiger partial charge in [-0.05, 0) is 44.0 Å². The molecule has 0 aromatic heterocycles. The molecule has 1 aliphatic heterocycles. The van der Waals surface area contributed by atoms with E-state index in [1.54, 1.807) is 0 Å². The van der Waals surface area contributed by atoms with Crippen LogP contribution in [-0.2, 0) is 0 Å². The third-order valence-corrected chi connectivity index (χ3v) is 3.15. The molecule has 1 aromatic carbocycles. The highest BCUT2D eigenvalue weighted by Crippen LogP contribution is 2.22. The van der Waals surface area contributed by atoms with Crippen LogP contribution in [0.25, 0.3) is 0 Å². The van der Waals surface area contributed by atoms with E-state index in [4.69, 9.17) is 11.6 Å². The maximum Gasteiger partial charge on any atom is 0.0637 e. The van der Waals surface area contributed by atoms with Crippen molar-refractivity contribution in [2.24, 2.45) is 0 Å². The second-order valence-electron chi connectivity index (χ2n) is 4.16. The first-order valence-corrected chi connectivity index (χ1v) is 5.87. The smallest absolute Gasteiger partial charge is 0.0637 e. The summed E-state index contributed by atoms with van der Waals surface area (Å²) in [5.74, 6) is 0. The van der Waals surface area contributed by atoms with Crippen molar-refractivity contribution in [1.29, 1.82) is 0 Å². The van der Waals surface area contributed by atoms with Crippen LogP contribution in [-0.4, -0.2) is 19.1 Å². The SMILES string of the molecule is Cc1ccc(Cl)c(NCC2CCCN2)c1. The van der Waals surface area contributed by atoms with Crippen LogP contribution in [0.2, 0.25) is 5.02 Å². The Morgan fingerprint density at radius 1 is 1.53 bits per heavy atom. The summed E-state index contributed by atoms with van der Waals surface area (Å²) in [5.41, 5.74) is 2.28. The molecule has 1 heterocycles. The van der Waals surface area contributed by atoms with Gasteiger partial charge in [0.1, 0.15) is 0 Å². The van der Waals surface area contributed by atoms with Gasteiger partial charge in [-0.25, -0.2) is 0 Å². The van der Waals surface area contributed by atoms with Gasteiger partial charge in [0.05, 0.1) is 10.7 Å². The Labute approximate surface area is 96.0 Å². The van der Waals surface area contributed by atoms with Crippen LogP contribution in [0.1, 0.15) is 18.4 Å². The summed E-state index contributed by atoms with van der Waals surface area (Å²) in [6.07, 6.45) is 2.55. The molecule has 0 aliphatic carbocycles. The number of benzene rings is 1. The number of nitrogens with one attached hydrogen (secondary N) is 2. The number of anilines is 1. The molecule has 3 heteroatoms. The number of halogens is 1. The van der Waals surface area contributed by atoms with Crippen molar-refractivity contribution in [3.63, 3.8) is 0 Å². The Morgan fingerprint density at radius 3 is 3.13 bits per heavy atom. The molecule has 2 N–H and O–H groups in total. The summed E-state index contributed by atoms with van der Waals surface area (Å²) in [6.45, 7) is 4.19. The molecule has 1 fully saturated rings. The van der Waals surface area contributed by atoms with Gasteiger partial charge in [-0.3, -0.25) is 0 Å². The van der Waals surface area contributed by atoms with Gasteiger partial charge in [-0.1, -0.05) is 17.7 Å². The first-order valence-electron chi connectivity index (χ1n) is 5.49. The molecule has 82 valence electrons. The second kappa shape index (κ2) is 4.86. The maximum absolute atomic E-state index is 6.10. The van der Waals surface area contributed by atoms with Crippen molar-refractivity contribution in [3.05, 3.63) is 28.8 Å². The van der Waals surface area contributed by atoms with E-state index in [-0.39, 0.29) is 0 Å². The van der Waals surface area contributed by atoms with Gasteiger partial charge in [-0.2, -0.15) is 0 Å². The average molecular weight is 225 g/mol. The molecule has 0 amide bonds. The number of hydrogen-bond acceptors (Lipinski definition) is 2. The minimum absolute atomic E-state index is 0.599. The van der Waals surface area contributed by atoms with Crippen molar-refractivity contribution >= 4 is 17.3 Å². The van der Waals surface area contributed by atoms with E-state index in [0.717, 1.165) is 23.8 Å². The minimum atomic E-state index is 0.599. The molecule has 1 unspecified atom stereocenters. The van der Waals surface area contributed by atoms with Crippen LogP contribution in [0.4, 0.5) is 5.69 Å². The molecular weight excluding hydrogens is 208 g/mol. The van der Waals surface area contributed by atoms with E-state index >= 15 is 0 Å². The lowest BCUT2D eigenvalue weighted by Crippen LogP contribution is -2.29. The zero-order chi connectivity index (χ0) is 10.7. The summed E-state index contributed by atoms with van der Waals surface area (Å²) in [7, 11) is 0. The first-order chi connectivity index (χ1) is 7.25. The highest BCUT2D eigenvalue weighted by atomic mass is 35.5. The van der Waals surface area contributed by atoms with Gasteiger partial charge in [0, 0.05) is 12.6 Å². The number of hydrogen-bond donors (Lipinski definition) is 2. The molecule has 1 aliphatic rings. The fourth-order valence-corrected chi connectivity index (χ4v) is 2.12. The fourth-order valence-electron chi connectivity index (χ4n) is 1.94. The first kappa shape index (κ1) is 10.8. The van der Waals surface area contributed by atoms with Crippen LogP contribution in [0.3, 0.4) is 0 Å². The summed E-state index contributed by atoms with van der Waals surface area (Å²) < 4.78 is 0. The Kier molecular flexibility index (Phi) is 3.49. The lowest BCUT2D eigenvalue weighted by Gasteiger charge is -2.14. The predicted molar refractivity (Wildman–Crippen MR) is 65.7 cm³/mol. The van der Waals surface area contributed by atoms with Crippen molar-refractivity contribution < 1.29 is 0 Å². The molecule has 2 rings (SSSR count). The Hall–Kier alpha value is -0.730. The average Bonchev–Trinajstić information content (AvgIpc) is 2.72. The standard InChI is InChI=1S/C12H17ClN2/c1-9-4-5-11(13)12(7-9)15-8-10-3-2-6-14-10/h4-5,7,10,14-15H,2-3,6,8H2,1H3. The topological polar surface area (TPSA) is 24.1 Å². The molecule has 1 atom stereocenters. The summed E-state index contributed by atoms with van der Waals surface area (Å²) in [6, 6.07) is 6.67. The Morgan fingerprint density at radius 2 is 2.40 bits per heavy atom. The quantitative estimate of drug-likeness (QED) is 0.825. The highest BCUT2D eigenvalue weighted by Gasteiger charge is 2.13. The van der Waals surface area contributed by atoms with E-state index in [9.17, 15) is 0 Å². The van der Waals surface area contributed by atoms with Gasteiger partial charge < -0.3 is 10.6 Å². The van der Waals surface area contributed by atoms with Crippen LogP contribution in [0.5, 0.6) is 0 Å². The molecule has 2 nitrogen and oxygen atoms in total. The summed E-state index contributed by atoms with van der Waals surface area (Å²) in [5, 5.41) is 7.66. The van der Waals surface area contributed by atoms with E-state index in [0.29, 0.717) is 6.04 Å². The normalized spacial score (nSPS) is 20.5. The molecule has 0 bridgehead atoms. The van der Waals surface area contributed by atoms with Crippen LogP contribution in [0, 0.1) is 6.92 Å². The molecule has 15 heavy (non-hydrogen) atoms. The molecule has 0 radical (unpaired) electrons. The van der Waals surface area contributed by atoms with Crippen molar-refractivity contribution in [2.45, 2.75) is 25.8 Å². The molecule has 0 saturated carbocycles. The van der Waals surface area contributed by atoms with Crippen LogP contribution in [0.15, 0.2) is 18.2 Å². The third kappa shape index (κ3) is 2.86. The van der Waals surface area contributed by atoms with Crippen molar-refractivity contribution in [1.82, 2.24) is 5.32 Å². The van der Waals surface area contributed by atoms with E-state index in [1.807, 2.05) is 12.1 Å². The maximum atomic E-state index is 6.10. The van der Waals surface area contributed by atoms with E-state index in [2.05, 4.69) is 23.6 Å². The van der Waals surface area contributed by atoms with Crippen molar-refractivity contribution in [2.75, 3.05) is 18.4 Å². The van der Waals surface area contributed by atoms with Gasteiger partial charge in [-0.15, -0.1) is 0 Å². The number of rotatable bonds is 3. The minimum Gasteiger partial charge on any atom is -0.382 e. The monoisotopic (exact) mass is 224 g/mol. The van der Waals surface area contributed by atoms with E-state index in [1.165, 1.54) is 18.4 Å². The summed E-state index contributed by atoms with van der Waals surface area (Å²) in [4.78, 5) is 0. The van der Waals surface area contributed by atoms with Gasteiger partial charge in [0.2, 0.25) is 0 Å². The lowest BCUT2D eigenvalue weighted by molar-refractivity contribution is 0.633. The largest absolute Gasteiger partial charge is 0.382 e. The van der Waals surface area contributed by atoms with Gasteiger partial charge >= 0.3 is 0 Å². The zero-order valence-corrected chi connectivity index (χ0v) is 9.77.